The Kier molecular flexibility index (Phi) is 6.96. The molecule has 0 heterocycles. The third-order valence-corrected chi connectivity index (χ3v) is 4.99. The molecule has 0 aromatic heterocycles. The average molecular weight is 386 g/mol. The molecular weight excluding hydrogens is 361 g/mol. The van der Waals surface area contributed by atoms with Crippen molar-refractivity contribution >= 4 is 10.8 Å². The molecule has 1 nitrogen and oxygen atoms in total. The minimum atomic E-state index is -3.04. The van der Waals surface area contributed by atoms with Gasteiger partial charge in [0.2, 0.25) is 0 Å². The number of unbranched alkanes of at least 4 members (excludes halogenated alkanes) is 2. The van der Waals surface area contributed by atoms with Crippen LogP contribution in [0.15, 0.2) is 54.6 Å². The molecule has 0 aliphatic heterocycles. The second kappa shape index (κ2) is 9.63. The van der Waals surface area contributed by atoms with Crippen LogP contribution < -0.4 is 4.74 Å². The van der Waals surface area contributed by atoms with Gasteiger partial charge < -0.3 is 4.74 Å². The van der Waals surface area contributed by atoms with Gasteiger partial charge in [0.05, 0.1) is 0 Å². The minimum absolute atomic E-state index is 0.290. The minimum Gasteiger partial charge on any atom is -0.432 e. The predicted octanol–water partition coefficient (Wildman–Crippen LogP) is 7.10. The fraction of sp³-hybridized carbons (Fsp3) is 0.333. The Morgan fingerprint density at radius 1 is 0.786 bits per heavy atom. The Hall–Kier alpha value is -2.49. The highest BCUT2D eigenvalue weighted by molar-refractivity contribution is 5.85. The molecule has 0 bridgehead atoms. The van der Waals surface area contributed by atoms with Gasteiger partial charge in [0.25, 0.3) is 0 Å². The van der Waals surface area contributed by atoms with Gasteiger partial charge in [0.1, 0.15) is 0 Å². The molecule has 0 aliphatic carbocycles. The Morgan fingerprint density at radius 2 is 1.43 bits per heavy atom. The van der Waals surface area contributed by atoms with Gasteiger partial charge in [-0.05, 0) is 53.8 Å². The molecular formula is C24H25F3O. The van der Waals surface area contributed by atoms with Crippen molar-refractivity contribution in [2.45, 2.75) is 52.1 Å². The summed E-state index contributed by atoms with van der Waals surface area (Å²) in [6, 6.07) is 17.0. The van der Waals surface area contributed by atoms with Gasteiger partial charge >= 0.3 is 6.61 Å². The smallest absolute Gasteiger partial charge is 0.387 e. The third-order valence-electron chi connectivity index (χ3n) is 4.99. The van der Waals surface area contributed by atoms with E-state index in [9.17, 15) is 13.2 Å². The van der Waals surface area contributed by atoms with Crippen molar-refractivity contribution in [3.8, 4) is 5.75 Å². The number of aryl methyl sites for hydroxylation is 3. The summed E-state index contributed by atoms with van der Waals surface area (Å²) in [7, 11) is 0. The number of benzene rings is 3. The number of ether oxygens (including phenoxy) is 1. The first kappa shape index (κ1) is 20.2. The molecule has 0 fully saturated rings. The summed E-state index contributed by atoms with van der Waals surface area (Å²) in [5.74, 6) is -1.17. The number of hydrogen-bond donors (Lipinski definition) is 0. The van der Waals surface area contributed by atoms with Crippen molar-refractivity contribution in [1.82, 2.24) is 0 Å². The third kappa shape index (κ3) is 5.28. The summed E-state index contributed by atoms with van der Waals surface area (Å²) in [6.07, 6.45) is 6.58. The van der Waals surface area contributed by atoms with Gasteiger partial charge in [-0.1, -0.05) is 68.3 Å². The first-order valence-corrected chi connectivity index (χ1v) is 9.80. The fourth-order valence-electron chi connectivity index (χ4n) is 3.40. The zero-order valence-electron chi connectivity index (χ0n) is 16.1. The fourth-order valence-corrected chi connectivity index (χ4v) is 3.40. The van der Waals surface area contributed by atoms with E-state index < -0.39 is 18.2 Å². The number of fused-ring (bicyclic) bond motifs is 1. The topological polar surface area (TPSA) is 9.23 Å². The van der Waals surface area contributed by atoms with Crippen LogP contribution in [0.5, 0.6) is 5.75 Å². The standard InChI is InChI=1S/C24H25F3O/c1-2-3-4-5-17-6-8-18(9-7-17)10-11-19-12-14-21-20(16-19)13-15-22(23(21)25)28-24(26)27/h6-9,12-16,24H,2-5,10-11H2,1H3. The lowest BCUT2D eigenvalue weighted by Crippen LogP contribution is -2.03. The van der Waals surface area contributed by atoms with Crippen molar-refractivity contribution in [3.63, 3.8) is 0 Å². The molecule has 0 N–H and O–H groups in total. The molecule has 3 aromatic rings. The first-order valence-electron chi connectivity index (χ1n) is 9.80. The molecule has 0 amide bonds. The Balaban J connectivity index is 1.64. The van der Waals surface area contributed by atoms with Crippen LogP contribution in [0.25, 0.3) is 10.8 Å². The van der Waals surface area contributed by atoms with E-state index in [2.05, 4.69) is 35.9 Å². The van der Waals surface area contributed by atoms with Crippen LogP contribution in [0.2, 0.25) is 0 Å². The zero-order valence-corrected chi connectivity index (χ0v) is 16.1. The van der Waals surface area contributed by atoms with E-state index in [0.717, 1.165) is 24.8 Å². The lowest BCUT2D eigenvalue weighted by Gasteiger charge is -2.09. The molecule has 148 valence electrons. The molecule has 0 spiro atoms. The van der Waals surface area contributed by atoms with Gasteiger partial charge in [-0.15, -0.1) is 0 Å². The maximum Gasteiger partial charge on any atom is 0.387 e. The van der Waals surface area contributed by atoms with E-state index in [1.807, 2.05) is 12.1 Å². The molecule has 0 radical (unpaired) electrons. The number of rotatable bonds is 9. The van der Waals surface area contributed by atoms with Crippen LogP contribution in [0.1, 0.15) is 42.9 Å². The van der Waals surface area contributed by atoms with Crippen LogP contribution in [0.3, 0.4) is 0 Å². The quantitative estimate of drug-likeness (QED) is 0.356. The molecule has 0 unspecified atom stereocenters. The van der Waals surface area contributed by atoms with Crippen molar-refractivity contribution < 1.29 is 17.9 Å². The number of hydrogen-bond acceptors (Lipinski definition) is 1. The highest BCUT2D eigenvalue weighted by atomic mass is 19.3. The summed E-state index contributed by atoms with van der Waals surface area (Å²) < 4.78 is 43.2. The summed E-state index contributed by atoms with van der Waals surface area (Å²) >= 11 is 0. The number of alkyl halides is 2. The maximum absolute atomic E-state index is 14.3. The normalized spacial score (nSPS) is 11.3. The Morgan fingerprint density at radius 3 is 2.11 bits per heavy atom. The van der Waals surface area contributed by atoms with Crippen LogP contribution in [-0.4, -0.2) is 6.61 Å². The average Bonchev–Trinajstić information content (AvgIpc) is 2.69. The van der Waals surface area contributed by atoms with E-state index >= 15 is 0 Å². The van der Waals surface area contributed by atoms with E-state index in [4.69, 9.17) is 0 Å². The molecule has 0 atom stereocenters. The van der Waals surface area contributed by atoms with Crippen LogP contribution in [0, 0.1) is 5.82 Å². The van der Waals surface area contributed by atoms with Crippen molar-refractivity contribution in [1.29, 1.82) is 0 Å². The highest BCUT2D eigenvalue weighted by Gasteiger charge is 2.13. The summed E-state index contributed by atoms with van der Waals surface area (Å²) in [5.41, 5.74) is 3.73. The van der Waals surface area contributed by atoms with Crippen molar-refractivity contribution in [2.24, 2.45) is 0 Å². The first-order chi connectivity index (χ1) is 13.6. The lowest BCUT2D eigenvalue weighted by atomic mass is 9.99. The molecule has 4 heteroatoms. The lowest BCUT2D eigenvalue weighted by molar-refractivity contribution is -0.0520. The van der Waals surface area contributed by atoms with E-state index in [1.54, 1.807) is 12.1 Å². The zero-order chi connectivity index (χ0) is 19.9. The maximum atomic E-state index is 14.3. The number of halogens is 3. The summed E-state index contributed by atoms with van der Waals surface area (Å²) in [4.78, 5) is 0. The molecule has 3 aromatic carbocycles. The summed E-state index contributed by atoms with van der Waals surface area (Å²) in [5, 5.41) is 0.973. The second-order valence-corrected chi connectivity index (χ2v) is 7.09. The van der Waals surface area contributed by atoms with Gasteiger partial charge in [-0.2, -0.15) is 8.78 Å². The Bertz CT molecular complexity index is 904. The van der Waals surface area contributed by atoms with E-state index in [0.29, 0.717) is 10.8 Å². The van der Waals surface area contributed by atoms with Gasteiger partial charge in [-0.25, -0.2) is 4.39 Å². The second-order valence-electron chi connectivity index (χ2n) is 7.09. The van der Waals surface area contributed by atoms with Crippen LogP contribution in [0.4, 0.5) is 13.2 Å². The Labute approximate surface area is 164 Å². The molecule has 0 saturated carbocycles. The predicted molar refractivity (Wildman–Crippen MR) is 108 cm³/mol. The molecule has 0 saturated heterocycles. The SMILES string of the molecule is CCCCCc1ccc(CCc2ccc3c(F)c(OC(F)F)ccc3c2)cc1. The van der Waals surface area contributed by atoms with Gasteiger partial charge in [0, 0.05) is 5.39 Å². The largest absolute Gasteiger partial charge is 0.432 e. The van der Waals surface area contributed by atoms with Crippen molar-refractivity contribution in [3.05, 3.63) is 77.1 Å². The van der Waals surface area contributed by atoms with E-state index in [-0.39, 0.29) is 0 Å². The van der Waals surface area contributed by atoms with Gasteiger partial charge in [0.15, 0.2) is 11.6 Å². The molecule has 3 rings (SSSR count). The summed E-state index contributed by atoms with van der Waals surface area (Å²) in [6.45, 7) is -0.829. The highest BCUT2D eigenvalue weighted by Crippen LogP contribution is 2.28. The molecule has 28 heavy (non-hydrogen) atoms. The van der Waals surface area contributed by atoms with E-state index in [1.165, 1.54) is 36.5 Å². The van der Waals surface area contributed by atoms with Crippen LogP contribution in [-0.2, 0) is 19.3 Å². The van der Waals surface area contributed by atoms with Crippen molar-refractivity contribution in [2.75, 3.05) is 0 Å². The monoisotopic (exact) mass is 386 g/mol. The van der Waals surface area contributed by atoms with Gasteiger partial charge in [-0.3, -0.25) is 0 Å². The molecule has 0 aliphatic rings. The van der Waals surface area contributed by atoms with Crippen LogP contribution >= 0.6 is 0 Å².